The van der Waals surface area contributed by atoms with E-state index in [0.717, 1.165) is 12.8 Å². The minimum atomic E-state index is -0.238. The molecule has 2 aromatic rings. The van der Waals surface area contributed by atoms with Gasteiger partial charge in [-0.3, -0.25) is 14.4 Å². The first-order valence-corrected chi connectivity index (χ1v) is 10.3. The number of nitrogens with one attached hydrogen (secondary N) is 4. The molecule has 0 fully saturated rings. The molecule has 0 saturated carbocycles. The van der Waals surface area contributed by atoms with Crippen molar-refractivity contribution in [2.24, 2.45) is 0 Å². The predicted molar refractivity (Wildman–Crippen MR) is 121 cm³/mol. The third kappa shape index (κ3) is 8.47. The molecule has 166 valence electrons. The predicted octanol–water partition coefficient (Wildman–Crippen LogP) is 2.64. The van der Waals surface area contributed by atoms with Gasteiger partial charge in [0.1, 0.15) is 0 Å². The van der Waals surface area contributed by atoms with E-state index in [0.29, 0.717) is 42.2 Å². The normalized spacial score (nSPS) is 10.3. The first-order chi connectivity index (χ1) is 15.0. The van der Waals surface area contributed by atoms with Crippen LogP contribution in [0.15, 0.2) is 48.5 Å². The summed E-state index contributed by atoms with van der Waals surface area (Å²) in [5.74, 6) is -0.547. The van der Waals surface area contributed by atoms with Crippen molar-refractivity contribution in [2.45, 2.75) is 19.8 Å². The van der Waals surface area contributed by atoms with E-state index in [1.54, 1.807) is 55.6 Å². The molecular formula is C23H30N4O4. The van der Waals surface area contributed by atoms with Crippen molar-refractivity contribution in [2.75, 3.05) is 44.0 Å². The van der Waals surface area contributed by atoms with Gasteiger partial charge in [-0.2, -0.15) is 0 Å². The van der Waals surface area contributed by atoms with Crippen LogP contribution in [0.5, 0.6) is 0 Å². The largest absolute Gasteiger partial charge is 0.385 e. The van der Waals surface area contributed by atoms with E-state index >= 15 is 0 Å². The molecule has 0 aliphatic rings. The fraction of sp³-hybridized carbons (Fsp3) is 0.348. The van der Waals surface area contributed by atoms with Crippen molar-refractivity contribution < 1.29 is 19.1 Å². The summed E-state index contributed by atoms with van der Waals surface area (Å²) in [6.45, 7) is 3.78. The van der Waals surface area contributed by atoms with Crippen molar-refractivity contribution in [3.63, 3.8) is 0 Å². The summed E-state index contributed by atoms with van der Waals surface area (Å²) in [6, 6.07) is 13.7. The number of anilines is 2. The van der Waals surface area contributed by atoms with Crippen molar-refractivity contribution in [3.8, 4) is 0 Å². The summed E-state index contributed by atoms with van der Waals surface area (Å²) in [6.07, 6.45) is 1.61. The first-order valence-electron chi connectivity index (χ1n) is 10.3. The van der Waals surface area contributed by atoms with E-state index < -0.39 is 0 Å². The maximum Gasteiger partial charge on any atom is 0.251 e. The molecule has 0 spiro atoms. The summed E-state index contributed by atoms with van der Waals surface area (Å²) in [5, 5.41) is 11.4. The molecule has 8 nitrogen and oxygen atoms in total. The Kier molecular flexibility index (Phi) is 10.0. The third-order valence-electron chi connectivity index (χ3n) is 4.36. The first kappa shape index (κ1) is 23.9. The molecular weight excluding hydrogens is 396 g/mol. The number of hydrogen-bond acceptors (Lipinski definition) is 5. The van der Waals surface area contributed by atoms with Crippen LogP contribution in [-0.2, 0) is 9.53 Å². The molecule has 8 heteroatoms. The maximum atomic E-state index is 12.2. The molecule has 31 heavy (non-hydrogen) atoms. The third-order valence-corrected chi connectivity index (χ3v) is 4.36. The molecule has 0 atom stereocenters. The number of methoxy groups -OCH3 is 1. The number of hydrogen-bond donors (Lipinski definition) is 4. The lowest BCUT2D eigenvalue weighted by Gasteiger charge is -2.10. The highest BCUT2D eigenvalue weighted by Crippen LogP contribution is 2.12. The van der Waals surface area contributed by atoms with Gasteiger partial charge in [-0.1, -0.05) is 13.0 Å². The second kappa shape index (κ2) is 13.0. The van der Waals surface area contributed by atoms with Crippen LogP contribution < -0.4 is 21.3 Å². The van der Waals surface area contributed by atoms with Crippen LogP contribution >= 0.6 is 0 Å². The van der Waals surface area contributed by atoms with E-state index in [2.05, 4.69) is 21.3 Å². The van der Waals surface area contributed by atoms with Crippen LogP contribution in [0.25, 0.3) is 0 Å². The quantitative estimate of drug-likeness (QED) is 0.390. The topological polar surface area (TPSA) is 109 Å². The van der Waals surface area contributed by atoms with E-state index in [9.17, 15) is 14.4 Å². The zero-order valence-corrected chi connectivity index (χ0v) is 18.0. The van der Waals surface area contributed by atoms with Crippen LogP contribution in [0.4, 0.5) is 11.4 Å². The van der Waals surface area contributed by atoms with Gasteiger partial charge in [-0.25, -0.2) is 0 Å². The molecule has 0 heterocycles. The Morgan fingerprint density at radius 1 is 0.871 bits per heavy atom. The number of carbonyl (C=O) groups excluding carboxylic acids is 3. The second-order valence-corrected chi connectivity index (χ2v) is 6.92. The average Bonchev–Trinajstić information content (AvgIpc) is 2.79. The van der Waals surface area contributed by atoms with Crippen molar-refractivity contribution in [1.82, 2.24) is 10.6 Å². The molecule has 0 saturated heterocycles. The molecule has 0 aliphatic heterocycles. The minimum Gasteiger partial charge on any atom is -0.385 e. The zero-order chi connectivity index (χ0) is 22.5. The van der Waals surface area contributed by atoms with Gasteiger partial charge in [-0.15, -0.1) is 0 Å². The van der Waals surface area contributed by atoms with Crippen molar-refractivity contribution >= 4 is 29.1 Å². The highest BCUT2D eigenvalue weighted by molar-refractivity contribution is 5.97. The summed E-state index contributed by atoms with van der Waals surface area (Å²) in [7, 11) is 1.62. The number of ether oxygens (including phenoxy) is 1. The number of rotatable bonds is 12. The van der Waals surface area contributed by atoms with Gasteiger partial charge >= 0.3 is 0 Å². The van der Waals surface area contributed by atoms with E-state index in [4.69, 9.17) is 4.74 Å². The molecule has 0 bridgehead atoms. The fourth-order valence-corrected chi connectivity index (χ4v) is 2.72. The SMILES string of the molecule is CCCNC(=O)c1cccc(NCC(=O)Nc2ccc(C(=O)NCCCOC)cc2)c1. The fourth-order valence-electron chi connectivity index (χ4n) is 2.72. The van der Waals surface area contributed by atoms with Crippen LogP contribution in [0.3, 0.4) is 0 Å². The Bertz CT molecular complexity index is 868. The van der Waals surface area contributed by atoms with Gasteiger partial charge in [0.05, 0.1) is 6.54 Å². The second-order valence-electron chi connectivity index (χ2n) is 6.92. The zero-order valence-electron chi connectivity index (χ0n) is 18.0. The lowest BCUT2D eigenvalue weighted by atomic mass is 10.2. The number of carbonyl (C=O) groups is 3. The minimum absolute atomic E-state index is 0.0434. The number of benzene rings is 2. The van der Waals surface area contributed by atoms with Crippen LogP contribution in [-0.4, -0.2) is 51.1 Å². The van der Waals surface area contributed by atoms with Gasteiger partial charge in [0.2, 0.25) is 5.91 Å². The van der Waals surface area contributed by atoms with Gasteiger partial charge in [-0.05, 0) is 55.3 Å². The van der Waals surface area contributed by atoms with Crippen LogP contribution in [0, 0.1) is 0 Å². The van der Waals surface area contributed by atoms with Crippen molar-refractivity contribution in [3.05, 3.63) is 59.7 Å². The van der Waals surface area contributed by atoms with Gasteiger partial charge in [0.25, 0.3) is 11.8 Å². The smallest absolute Gasteiger partial charge is 0.251 e. The molecule has 0 unspecified atom stereocenters. The highest BCUT2D eigenvalue weighted by Gasteiger charge is 2.08. The highest BCUT2D eigenvalue weighted by atomic mass is 16.5. The Morgan fingerprint density at radius 2 is 1.58 bits per heavy atom. The molecule has 3 amide bonds. The molecule has 0 aliphatic carbocycles. The molecule has 4 N–H and O–H groups in total. The lowest BCUT2D eigenvalue weighted by molar-refractivity contribution is -0.114. The molecule has 0 radical (unpaired) electrons. The van der Waals surface area contributed by atoms with Crippen molar-refractivity contribution in [1.29, 1.82) is 0 Å². The van der Waals surface area contributed by atoms with Gasteiger partial charge < -0.3 is 26.0 Å². The summed E-state index contributed by atoms with van der Waals surface area (Å²) < 4.78 is 4.95. The standard InChI is InChI=1S/C23H30N4O4/c1-3-12-24-23(30)18-6-4-7-20(15-18)26-16-21(28)27-19-10-8-17(9-11-19)22(29)25-13-5-14-31-2/h4,6-11,15,26H,3,5,12-14,16H2,1-2H3,(H,24,30)(H,25,29)(H,27,28). The Morgan fingerprint density at radius 3 is 2.29 bits per heavy atom. The lowest BCUT2D eigenvalue weighted by Crippen LogP contribution is -2.25. The number of amides is 3. The van der Waals surface area contributed by atoms with Gasteiger partial charge in [0.15, 0.2) is 0 Å². The molecule has 0 aromatic heterocycles. The van der Waals surface area contributed by atoms with E-state index in [1.807, 2.05) is 6.92 Å². The summed E-state index contributed by atoms with van der Waals surface area (Å²) in [4.78, 5) is 36.3. The summed E-state index contributed by atoms with van der Waals surface area (Å²) in [5.41, 5.74) is 2.33. The van der Waals surface area contributed by atoms with Gasteiger partial charge in [0, 0.05) is 49.3 Å². The monoisotopic (exact) mass is 426 g/mol. The van der Waals surface area contributed by atoms with E-state index in [1.165, 1.54) is 0 Å². The molecule has 2 aromatic carbocycles. The Labute approximate surface area is 182 Å². The van der Waals surface area contributed by atoms with E-state index in [-0.39, 0.29) is 24.3 Å². The van der Waals surface area contributed by atoms with Crippen LogP contribution in [0.1, 0.15) is 40.5 Å². The van der Waals surface area contributed by atoms with Crippen LogP contribution in [0.2, 0.25) is 0 Å². The average molecular weight is 427 g/mol. The maximum absolute atomic E-state index is 12.2. The Hall–Kier alpha value is -3.39. The Balaban J connectivity index is 1.81. The summed E-state index contributed by atoms with van der Waals surface area (Å²) >= 11 is 0. The molecule has 2 rings (SSSR count).